The van der Waals surface area contributed by atoms with Crippen molar-refractivity contribution in [3.63, 3.8) is 0 Å². The van der Waals surface area contributed by atoms with Gasteiger partial charge in [-0.15, -0.1) is 0 Å². The number of ether oxygens (including phenoxy) is 1. The molecule has 0 saturated carbocycles. The second-order valence-corrected chi connectivity index (χ2v) is 4.57. The molecular formula is C15H16N2O2. The topological polar surface area (TPSA) is 56.8 Å². The Bertz CT molecular complexity index is 637. The average Bonchev–Trinajstić information content (AvgIpc) is 2.94. The van der Waals surface area contributed by atoms with Gasteiger partial charge in [0.1, 0.15) is 11.9 Å². The maximum Gasteiger partial charge on any atom is 0.145 e. The van der Waals surface area contributed by atoms with E-state index in [1.54, 1.807) is 7.11 Å². The molecule has 0 amide bonds. The van der Waals surface area contributed by atoms with Crippen LogP contribution >= 0.6 is 0 Å². The fraction of sp³-hybridized carbons (Fsp3) is 0.267. The lowest BCUT2D eigenvalue weighted by Crippen LogP contribution is -2.20. The Morgan fingerprint density at radius 1 is 1.32 bits per heavy atom. The van der Waals surface area contributed by atoms with Gasteiger partial charge in [0.05, 0.1) is 12.8 Å². The van der Waals surface area contributed by atoms with Gasteiger partial charge in [0.15, 0.2) is 0 Å². The van der Waals surface area contributed by atoms with Crippen LogP contribution in [-0.4, -0.2) is 25.5 Å². The van der Waals surface area contributed by atoms with Crippen LogP contribution in [0.4, 0.5) is 0 Å². The second-order valence-electron chi connectivity index (χ2n) is 4.57. The number of nitrogens with two attached hydrogens (primary N) is 1. The molecule has 1 unspecified atom stereocenters. The summed E-state index contributed by atoms with van der Waals surface area (Å²) in [5.74, 6) is 0.818. The number of hydrogen-bond acceptors (Lipinski definition) is 4. The van der Waals surface area contributed by atoms with Crippen LogP contribution in [0.15, 0.2) is 41.6 Å². The Morgan fingerprint density at radius 2 is 2.16 bits per heavy atom. The summed E-state index contributed by atoms with van der Waals surface area (Å²) < 4.78 is 5.47. The number of benzene rings is 2. The van der Waals surface area contributed by atoms with Gasteiger partial charge in [-0.2, -0.15) is 0 Å². The highest BCUT2D eigenvalue weighted by molar-refractivity contribution is 6.13. The van der Waals surface area contributed by atoms with E-state index in [-0.39, 0.29) is 6.10 Å². The molecule has 4 nitrogen and oxygen atoms in total. The molecule has 19 heavy (non-hydrogen) atoms. The summed E-state index contributed by atoms with van der Waals surface area (Å²) in [5, 5.41) is 6.46. The Balaban J connectivity index is 2.15. The quantitative estimate of drug-likeness (QED) is 0.916. The van der Waals surface area contributed by atoms with Crippen molar-refractivity contribution in [1.82, 2.24) is 0 Å². The van der Waals surface area contributed by atoms with Gasteiger partial charge < -0.3 is 15.3 Å². The maximum absolute atomic E-state index is 5.63. The van der Waals surface area contributed by atoms with Crippen LogP contribution in [0.1, 0.15) is 12.0 Å². The summed E-state index contributed by atoms with van der Waals surface area (Å²) in [5.41, 5.74) is 7.54. The molecule has 1 heterocycles. The lowest BCUT2D eigenvalue weighted by atomic mass is 9.97. The molecule has 0 radical (unpaired) electrons. The highest BCUT2D eigenvalue weighted by Crippen LogP contribution is 2.31. The van der Waals surface area contributed by atoms with Gasteiger partial charge in [0.2, 0.25) is 0 Å². The first-order valence-electron chi connectivity index (χ1n) is 6.32. The van der Waals surface area contributed by atoms with Crippen molar-refractivity contribution in [3.8, 4) is 5.75 Å². The van der Waals surface area contributed by atoms with Crippen molar-refractivity contribution in [1.29, 1.82) is 0 Å². The molecule has 3 rings (SSSR count). The zero-order valence-corrected chi connectivity index (χ0v) is 10.8. The van der Waals surface area contributed by atoms with E-state index in [0.717, 1.165) is 34.2 Å². The summed E-state index contributed by atoms with van der Waals surface area (Å²) in [6.45, 7) is 0.472. The average molecular weight is 256 g/mol. The summed E-state index contributed by atoms with van der Waals surface area (Å²) in [4.78, 5) is 5.32. The highest BCUT2D eigenvalue weighted by atomic mass is 16.6. The van der Waals surface area contributed by atoms with E-state index in [1.807, 2.05) is 18.2 Å². The van der Waals surface area contributed by atoms with Gasteiger partial charge in [-0.1, -0.05) is 35.5 Å². The number of oxime groups is 1. The van der Waals surface area contributed by atoms with Crippen LogP contribution in [0, 0.1) is 0 Å². The minimum Gasteiger partial charge on any atom is -0.496 e. The number of fused-ring (bicyclic) bond motifs is 1. The summed E-state index contributed by atoms with van der Waals surface area (Å²) in [6, 6.07) is 12.2. The largest absolute Gasteiger partial charge is 0.496 e. The van der Waals surface area contributed by atoms with Gasteiger partial charge in [0.25, 0.3) is 0 Å². The van der Waals surface area contributed by atoms with Crippen molar-refractivity contribution in [2.75, 3.05) is 13.7 Å². The van der Waals surface area contributed by atoms with Crippen LogP contribution < -0.4 is 10.5 Å². The molecule has 0 aliphatic carbocycles. The molecule has 2 N–H and O–H groups in total. The van der Waals surface area contributed by atoms with E-state index in [2.05, 4.69) is 23.4 Å². The zero-order valence-electron chi connectivity index (χ0n) is 10.8. The van der Waals surface area contributed by atoms with E-state index in [0.29, 0.717) is 6.54 Å². The van der Waals surface area contributed by atoms with Gasteiger partial charge in [-0.25, -0.2) is 0 Å². The van der Waals surface area contributed by atoms with Crippen molar-refractivity contribution in [2.24, 2.45) is 10.9 Å². The van der Waals surface area contributed by atoms with Crippen molar-refractivity contribution >= 4 is 16.5 Å². The Hall–Kier alpha value is -2.07. The Morgan fingerprint density at radius 3 is 2.89 bits per heavy atom. The fourth-order valence-corrected chi connectivity index (χ4v) is 2.42. The lowest BCUT2D eigenvalue weighted by molar-refractivity contribution is 0.0918. The van der Waals surface area contributed by atoms with Gasteiger partial charge in [-0.3, -0.25) is 0 Å². The molecule has 1 aliphatic rings. The van der Waals surface area contributed by atoms with Crippen LogP contribution in [0.2, 0.25) is 0 Å². The van der Waals surface area contributed by atoms with Gasteiger partial charge in [0, 0.05) is 18.5 Å². The molecule has 0 spiro atoms. The molecule has 98 valence electrons. The predicted octanol–water partition coefficient (Wildman–Crippen LogP) is 2.30. The zero-order chi connectivity index (χ0) is 13.2. The molecule has 0 bridgehead atoms. The number of rotatable bonds is 3. The van der Waals surface area contributed by atoms with E-state index in [1.165, 1.54) is 0 Å². The van der Waals surface area contributed by atoms with E-state index in [4.69, 9.17) is 15.3 Å². The van der Waals surface area contributed by atoms with Gasteiger partial charge >= 0.3 is 0 Å². The van der Waals surface area contributed by atoms with E-state index >= 15 is 0 Å². The molecule has 1 aliphatic heterocycles. The van der Waals surface area contributed by atoms with E-state index in [9.17, 15) is 0 Å². The molecule has 0 fully saturated rings. The highest BCUT2D eigenvalue weighted by Gasteiger charge is 2.24. The minimum absolute atomic E-state index is 0.0290. The number of methoxy groups -OCH3 is 1. The standard InChI is InChI=1S/C15H16N2O2/c1-18-14-7-6-10-4-2-3-5-12(10)15(14)13-8-11(9-16)19-17-13/h2-7,11H,8-9,16H2,1H3. The first kappa shape index (κ1) is 12.0. The monoisotopic (exact) mass is 256 g/mol. The number of hydrogen-bond donors (Lipinski definition) is 1. The predicted molar refractivity (Wildman–Crippen MR) is 75.6 cm³/mol. The Labute approximate surface area is 111 Å². The molecule has 2 aromatic carbocycles. The van der Waals surface area contributed by atoms with Crippen molar-refractivity contribution in [3.05, 3.63) is 42.0 Å². The molecular weight excluding hydrogens is 240 g/mol. The molecule has 4 heteroatoms. The smallest absolute Gasteiger partial charge is 0.145 e. The summed E-state index contributed by atoms with van der Waals surface area (Å²) >= 11 is 0. The minimum atomic E-state index is -0.0290. The Kier molecular flexibility index (Phi) is 3.09. The fourth-order valence-electron chi connectivity index (χ4n) is 2.42. The van der Waals surface area contributed by atoms with Crippen LogP contribution in [0.25, 0.3) is 10.8 Å². The summed E-state index contributed by atoms with van der Waals surface area (Å²) in [7, 11) is 1.67. The first-order valence-corrected chi connectivity index (χ1v) is 6.32. The van der Waals surface area contributed by atoms with Crippen molar-refractivity contribution < 1.29 is 9.57 Å². The van der Waals surface area contributed by atoms with Crippen LogP contribution in [0.3, 0.4) is 0 Å². The third-order valence-electron chi connectivity index (χ3n) is 3.40. The van der Waals surface area contributed by atoms with Crippen LogP contribution in [0.5, 0.6) is 5.75 Å². The summed E-state index contributed by atoms with van der Waals surface area (Å²) in [6.07, 6.45) is 0.694. The molecule has 0 saturated heterocycles. The second kappa shape index (κ2) is 4.90. The lowest BCUT2D eigenvalue weighted by Gasteiger charge is -2.11. The normalized spacial score (nSPS) is 18.2. The molecule has 0 aromatic heterocycles. The number of nitrogens with zero attached hydrogens (tertiary/aromatic N) is 1. The van der Waals surface area contributed by atoms with Gasteiger partial charge in [-0.05, 0) is 16.8 Å². The maximum atomic E-state index is 5.63. The van der Waals surface area contributed by atoms with Crippen LogP contribution in [-0.2, 0) is 4.84 Å². The first-order chi connectivity index (χ1) is 9.33. The third kappa shape index (κ3) is 2.04. The third-order valence-corrected chi connectivity index (χ3v) is 3.40. The van der Waals surface area contributed by atoms with E-state index < -0.39 is 0 Å². The SMILES string of the molecule is COc1ccc2ccccc2c1C1=NOC(CN)C1. The van der Waals surface area contributed by atoms with Crippen molar-refractivity contribution in [2.45, 2.75) is 12.5 Å². The molecule has 1 atom stereocenters. The molecule has 2 aromatic rings.